The lowest BCUT2D eigenvalue weighted by molar-refractivity contribution is 0.795. The van der Waals surface area contributed by atoms with Crippen LogP contribution in [0.15, 0.2) is 48.1 Å². The summed E-state index contributed by atoms with van der Waals surface area (Å²) >= 11 is 1.76. The highest BCUT2D eigenvalue weighted by atomic mass is 32.1. The largest absolute Gasteiger partial charge is 0.393 e. The van der Waals surface area contributed by atoms with Crippen LogP contribution in [0.25, 0.3) is 0 Å². The molecule has 0 aliphatic rings. The normalized spacial score (nSPS) is 10.7. The van der Waals surface area contributed by atoms with Gasteiger partial charge < -0.3 is 16.4 Å². The monoisotopic (exact) mass is 367 g/mol. The number of nitrogens with zero attached hydrogens (tertiary/aromatic N) is 2. The smallest absolute Gasteiger partial charge is 0.159 e. The van der Waals surface area contributed by atoms with Gasteiger partial charge in [-0.25, -0.2) is 9.97 Å². The first-order chi connectivity index (χ1) is 12.8. The zero-order valence-electron chi connectivity index (χ0n) is 15.0. The molecule has 0 saturated heterocycles. The van der Waals surface area contributed by atoms with Crippen molar-refractivity contribution in [3.8, 4) is 0 Å². The third-order valence-corrected chi connectivity index (χ3v) is 5.10. The molecule has 0 atom stereocenters. The van der Waals surface area contributed by atoms with Gasteiger partial charge in [-0.2, -0.15) is 0 Å². The van der Waals surface area contributed by atoms with Gasteiger partial charge in [-0.1, -0.05) is 31.5 Å². The van der Waals surface area contributed by atoms with Crippen molar-refractivity contribution in [2.24, 2.45) is 0 Å². The molecule has 2 heterocycles. The van der Waals surface area contributed by atoms with Crippen LogP contribution in [0.1, 0.15) is 30.2 Å². The third-order valence-electron chi connectivity index (χ3n) is 4.16. The van der Waals surface area contributed by atoms with E-state index in [1.165, 1.54) is 29.6 Å². The van der Waals surface area contributed by atoms with Crippen molar-refractivity contribution in [2.45, 2.75) is 32.6 Å². The molecule has 0 bridgehead atoms. The Morgan fingerprint density at radius 3 is 2.58 bits per heavy atom. The van der Waals surface area contributed by atoms with Crippen LogP contribution >= 0.6 is 11.3 Å². The highest BCUT2D eigenvalue weighted by molar-refractivity contribution is 7.09. The first kappa shape index (κ1) is 18.2. The SMILES string of the molecule is CCCCc1ccc(Nc2ncnc(NCCc3cccs3)c2N)cc1. The maximum absolute atomic E-state index is 6.24. The number of aromatic nitrogens is 2. The average molecular weight is 368 g/mol. The van der Waals surface area contributed by atoms with Crippen molar-refractivity contribution in [3.63, 3.8) is 0 Å². The van der Waals surface area contributed by atoms with Crippen molar-refractivity contribution in [1.82, 2.24) is 9.97 Å². The molecule has 0 aliphatic heterocycles. The number of anilines is 4. The lowest BCUT2D eigenvalue weighted by Crippen LogP contribution is -2.10. The minimum Gasteiger partial charge on any atom is -0.393 e. The molecule has 0 spiro atoms. The van der Waals surface area contributed by atoms with Gasteiger partial charge in [-0.3, -0.25) is 0 Å². The number of thiophene rings is 1. The van der Waals surface area contributed by atoms with Crippen LogP contribution in [0.2, 0.25) is 0 Å². The van der Waals surface area contributed by atoms with Gasteiger partial charge in [-0.05, 0) is 48.4 Å². The Balaban J connectivity index is 1.61. The molecule has 3 rings (SSSR count). The minimum atomic E-state index is 0.536. The van der Waals surface area contributed by atoms with Crippen molar-refractivity contribution in [3.05, 3.63) is 58.5 Å². The summed E-state index contributed by atoms with van der Waals surface area (Å²) in [5.74, 6) is 1.29. The molecule has 0 amide bonds. The van der Waals surface area contributed by atoms with Gasteiger partial charge in [0, 0.05) is 17.1 Å². The quantitative estimate of drug-likeness (QED) is 0.503. The number of hydrogen-bond donors (Lipinski definition) is 3. The third kappa shape index (κ3) is 4.95. The average Bonchev–Trinajstić information content (AvgIpc) is 3.17. The molecule has 0 fully saturated rings. The molecule has 0 aliphatic carbocycles. The molecular weight excluding hydrogens is 342 g/mol. The highest BCUT2D eigenvalue weighted by Gasteiger charge is 2.08. The van der Waals surface area contributed by atoms with Crippen LogP contribution in [-0.4, -0.2) is 16.5 Å². The van der Waals surface area contributed by atoms with E-state index in [0.717, 1.165) is 25.1 Å². The summed E-state index contributed by atoms with van der Waals surface area (Å²) in [6.07, 6.45) is 6.02. The van der Waals surface area contributed by atoms with Crippen molar-refractivity contribution >= 4 is 34.3 Å². The van der Waals surface area contributed by atoms with E-state index in [1.54, 1.807) is 11.3 Å². The van der Waals surface area contributed by atoms with Gasteiger partial charge in [0.25, 0.3) is 0 Å². The molecule has 0 saturated carbocycles. The molecule has 4 N–H and O–H groups in total. The van der Waals surface area contributed by atoms with Crippen LogP contribution in [0.4, 0.5) is 23.0 Å². The number of benzene rings is 1. The van der Waals surface area contributed by atoms with E-state index in [9.17, 15) is 0 Å². The molecule has 136 valence electrons. The summed E-state index contributed by atoms with van der Waals surface area (Å²) < 4.78 is 0. The molecule has 2 aromatic heterocycles. The number of hydrogen-bond acceptors (Lipinski definition) is 6. The molecule has 1 aromatic carbocycles. The fourth-order valence-electron chi connectivity index (χ4n) is 2.67. The Hall–Kier alpha value is -2.60. The number of nitrogens with two attached hydrogens (primary N) is 1. The lowest BCUT2D eigenvalue weighted by atomic mass is 10.1. The Morgan fingerprint density at radius 2 is 1.85 bits per heavy atom. The van der Waals surface area contributed by atoms with Crippen LogP contribution in [0, 0.1) is 0 Å². The summed E-state index contributed by atoms with van der Waals surface area (Å²) in [7, 11) is 0. The van der Waals surface area contributed by atoms with Crippen molar-refractivity contribution in [2.75, 3.05) is 22.9 Å². The van der Waals surface area contributed by atoms with Crippen molar-refractivity contribution in [1.29, 1.82) is 0 Å². The molecule has 5 nitrogen and oxygen atoms in total. The highest BCUT2D eigenvalue weighted by Crippen LogP contribution is 2.26. The molecular formula is C20H25N5S. The molecule has 26 heavy (non-hydrogen) atoms. The standard InChI is InChI=1S/C20H25N5S/c1-2-3-5-15-7-9-16(10-8-15)25-20-18(21)19(23-14-24-20)22-12-11-17-6-4-13-26-17/h4,6-10,13-14H,2-3,5,11-12,21H2,1H3,(H2,22,23,24,25). The second-order valence-corrected chi connectivity index (χ2v) is 7.20. The second kappa shape index (κ2) is 9.20. The zero-order chi connectivity index (χ0) is 18.2. The van der Waals surface area contributed by atoms with Crippen LogP contribution < -0.4 is 16.4 Å². The first-order valence-electron chi connectivity index (χ1n) is 8.99. The van der Waals surface area contributed by atoms with E-state index in [4.69, 9.17) is 5.73 Å². The van der Waals surface area contributed by atoms with Crippen LogP contribution in [0.5, 0.6) is 0 Å². The first-order valence-corrected chi connectivity index (χ1v) is 9.87. The maximum atomic E-state index is 6.24. The van der Waals surface area contributed by atoms with E-state index in [0.29, 0.717) is 17.3 Å². The minimum absolute atomic E-state index is 0.536. The number of nitrogens with one attached hydrogen (secondary N) is 2. The lowest BCUT2D eigenvalue weighted by Gasteiger charge is -2.12. The number of rotatable bonds is 9. The van der Waals surface area contributed by atoms with Crippen molar-refractivity contribution < 1.29 is 0 Å². The molecule has 0 unspecified atom stereocenters. The van der Waals surface area contributed by atoms with Gasteiger partial charge in [-0.15, -0.1) is 11.3 Å². The fourth-order valence-corrected chi connectivity index (χ4v) is 3.38. The van der Waals surface area contributed by atoms with Gasteiger partial charge >= 0.3 is 0 Å². The second-order valence-electron chi connectivity index (χ2n) is 6.17. The predicted molar refractivity (Wildman–Crippen MR) is 111 cm³/mol. The van der Waals surface area contributed by atoms with Gasteiger partial charge in [0.15, 0.2) is 11.6 Å². The summed E-state index contributed by atoms with van der Waals surface area (Å²) in [5, 5.41) is 8.67. The topological polar surface area (TPSA) is 75.9 Å². The van der Waals surface area contributed by atoms with E-state index < -0.39 is 0 Å². The maximum Gasteiger partial charge on any atom is 0.159 e. The van der Waals surface area contributed by atoms with Gasteiger partial charge in [0.2, 0.25) is 0 Å². The molecule has 6 heteroatoms. The fraction of sp³-hybridized carbons (Fsp3) is 0.300. The van der Waals surface area contributed by atoms with E-state index in [-0.39, 0.29) is 0 Å². The molecule has 0 radical (unpaired) electrons. The van der Waals surface area contributed by atoms with E-state index >= 15 is 0 Å². The van der Waals surface area contributed by atoms with Crippen LogP contribution in [-0.2, 0) is 12.8 Å². The zero-order valence-corrected chi connectivity index (χ0v) is 15.9. The number of nitrogen functional groups attached to an aromatic ring is 1. The van der Waals surface area contributed by atoms with E-state index in [1.807, 2.05) is 0 Å². The molecule has 3 aromatic rings. The Morgan fingerprint density at radius 1 is 1.04 bits per heavy atom. The predicted octanol–water partition coefficient (Wildman–Crippen LogP) is 4.86. The van der Waals surface area contributed by atoms with Gasteiger partial charge in [0.1, 0.15) is 12.0 Å². The van der Waals surface area contributed by atoms with E-state index in [2.05, 4.69) is 69.3 Å². The Bertz CT molecular complexity index is 800. The number of unbranched alkanes of at least 4 members (excludes halogenated alkanes) is 1. The Labute approximate surface area is 158 Å². The summed E-state index contributed by atoms with van der Waals surface area (Å²) in [6, 6.07) is 12.6. The van der Waals surface area contributed by atoms with Gasteiger partial charge in [0.05, 0.1) is 0 Å². The summed E-state index contributed by atoms with van der Waals surface area (Å²) in [4.78, 5) is 9.88. The number of aryl methyl sites for hydroxylation is 1. The van der Waals surface area contributed by atoms with Crippen LogP contribution in [0.3, 0.4) is 0 Å². The Kier molecular flexibility index (Phi) is 6.44. The summed E-state index contributed by atoms with van der Waals surface area (Å²) in [6.45, 7) is 2.99. The summed E-state index contributed by atoms with van der Waals surface area (Å²) in [5.41, 5.74) is 9.10.